The molecule has 5 heteroatoms. The molecule has 0 saturated heterocycles. The molecule has 0 atom stereocenters. The average molecular weight is 294 g/mol. The van der Waals surface area contributed by atoms with Crippen molar-refractivity contribution in [1.29, 1.82) is 0 Å². The van der Waals surface area contributed by atoms with Crippen molar-refractivity contribution in [2.24, 2.45) is 0 Å². The summed E-state index contributed by atoms with van der Waals surface area (Å²) in [5.74, 6) is 0. The maximum absolute atomic E-state index is 12.8. The highest BCUT2D eigenvalue weighted by Crippen LogP contribution is 2.29. The molecule has 1 fully saturated rings. The summed E-state index contributed by atoms with van der Waals surface area (Å²) in [6, 6.07) is 4.98. The van der Waals surface area contributed by atoms with Gasteiger partial charge in [-0.25, -0.2) is 8.42 Å². The van der Waals surface area contributed by atoms with Crippen LogP contribution < -0.4 is 5.73 Å². The Bertz CT molecular complexity index is 590. The van der Waals surface area contributed by atoms with Crippen LogP contribution in [-0.4, -0.2) is 25.3 Å². The first-order valence-corrected chi connectivity index (χ1v) is 8.39. The lowest BCUT2D eigenvalue weighted by Gasteiger charge is -2.27. The molecule has 0 radical (unpaired) electrons. The third-order valence-corrected chi connectivity index (χ3v) is 5.80. The summed E-state index contributed by atoms with van der Waals surface area (Å²) in [5, 5.41) is 0. The number of aryl methyl sites for hydroxylation is 1. The van der Waals surface area contributed by atoms with Crippen molar-refractivity contribution < 1.29 is 8.42 Å². The Kier molecular flexibility index (Phi) is 4.50. The predicted octanol–water partition coefficient (Wildman–Crippen LogP) is 2.70. The third kappa shape index (κ3) is 2.88. The van der Waals surface area contributed by atoms with E-state index in [0.717, 1.165) is 31.2 Å². The molecule has 0 spiro atoms. The van der Waals surface area contributed by atoms with Gasteiger partial charge < -0.3 is 5.73 Å². The number of hydrogen-bond acceptors (Lipinski definition) is 3. The Hall–Kier alpha value is -1.33. The zero-order valence-electron chi connectivity index (χ0n) is 11.9. The second-order valence-electron chi connectivity index (χ2n) is 5.32. The highest BCUT2D eigenvalue weighted by Gasteiger charge is 2.32. The second kappa shape index (κ2) is 5.97. The summed E-state index contributed by atoms with van der Waals surface area (Å²) in [7, 11) is -3.48. The minimum absolute atomic E-state index is 0.0934. The van der Waals surface area contributed by atoms with Crippen LogP contribution in [0, 0.1) is 6.92 Å². The van der Waals surface area contributed by atoms with E-state index in [1.165, 1.54) is 0 Å². The molecule has 0 amide bonds. The molecule has 2 rings (SSSR count). The Balaban J connectivity index is 2.38. The Morgan fingerprint density at radius 1 is 1.40 bits per heavy atom. The van der Waals surface area contributed by atoms with Crippen LogP contribution in [0.25, 0.3) is 0 Å². The largest absolute Gasteiger partial charge is 0.399 e. The van der Waals surface area contributed by atoms with Gasteiger partial charge in [0.25, 0.3) is 0 Å². The van der Waals surface area contributed by atoms with E-state index in [1.54, 1.807) is 28.6 Å². The number of nitrogens with two attached hydrogens (primary N) is 1. The fourth-order valence-electron chi connectivity index (χ4n) is 2.71. The molecule has 1 aliphatic carbocycles. The Morgan fingerprint density at radius 2 is 2.05 bits per heavy atom. The van der Waals surface area contributed by atoms with Crippen LogP contribution in [0.3, 0.4) is 0 Å². The zero-order chi connectivity index (χ0) is 14.8. The number of nitrogen functional groups attached to an aromatic ring is 1. The van der Waals surface area contributed by atoms with E-state index in [4.69, 9.17) is 5.73 Å². The van der Waals surface area contributed by atoms with E-state index in [9.17, 15) is 8.42 Å². The van der Waals surface area contributed by atoms with Crippen molar-refractivity contribution in [2.45, 2.75) is 43.5 Å². The number of sulfonamides is 1. The molecule has 1 saturated carbocycles. The van der Waals surface area contributed by atoms with Crippen molar-refractivity contribution in [1.82, 2.24) is 4.31 Å². The molecule has 2 N–H and O–H groups in total. The molecule has 0 unspecified atom stereocenters. The quantitative estimate of drug-likeness (QED) is 0.671. The highest BCUT2D eigenvalue weighted by molar-refractivity contribution is 7.89. The van der Waals surface area contributed by atoms with Crippen LogP contribution in [0.4, 0.5) is 5.69 Å². The first-order valence-electron chi connectivity index (χ1n) is 6.95. The van der Waals surface area contributed by atoms with Crippen LogP contribution >= 0.6 is 0 Å². The summed E-state index contributed by atoms with van der Waals surface area (Å²) in [5.41, 5.74) is 7.16. The SMILES string of the molecule is C=CCN(C1CCCC1)S(=O)(=O)c1ccc(N)c(C)c1. The van der Waals surface area contributed by atoms with Crippen molar-refractivity contribution in [2.75, 3.05) is 12.3 Å². The summed E-state index contributed by atoms with van der Waals surface area (Å²) in [6.45, 7) is 5.86. The molecule has 1 aromatic rings. The molecule has 0 heterocycles. The monoisotopic (exact) mass is 294 g/mol. The molecule has 0 aliphatic heterocycles. The van der Waals surface area contributed by atoms with E-state index in [1.807, 2.05) is 6.92 Å². The zero-order valence-corrected chi connectivity index (χ0v) is 12.7. The molecule has 4 nitrogen and oxygen atoms in total. The smallest absolute Gasteiger partial charge is 0.243 e. The fraction of sp³-hybridized carbons (Fsp3) is 0.467. The lowest BCUT2D eigenvalue weighted by Crippen LogP contribution is -2.38. The van der Waals surface area contributed by atoms with Gasteiger partial charge in [0.15, 0.2) is 0 Å². The molecule has 1 aliphatic rings. The van der Waals surface area contributed by atoms with Crippen LogP contribution in [0.5, 0.6) is 0 Å². The van der Waals surface area contributed by atoms with Gasteiger partial charge in [-0.1, -0.05) is 18.9 Å². The minimum atomic E-state index is -3.48. The first kappa shape index (κ1) is 15.1. The van der Waals surface area contributed by atoms with E-state index >= 15 is 0 Å². The number of benzene rings is 1. The Labute approximate surface area is 121 Å². The van der Waals surface area contributed by atoms with Gasteiger partial charge in [-0.05, 0) is 43.5 Å². The molecule has 0 bridgehead atoms. The molecule has 1 aromatic carbocycles. The van der Waals surface area contributed by atoms with Gasteiger partial charge in [0.05, 0.1) is 4.90 Å². The first-order chi connectivity index (χ1) is 9.46. The highest BCUT2D eigenvalue weighted by atomic mass is 32.2. The molecule has 110 valence electrons. The van der Waals surface area contributed by atoms with Gasteiger partial charge in [-0.15, -0.1) is 6.58 Å². The van der Waals surface area contributed by atoms with Gasteiger partial charge in [0, 0.05) is 18.3 Å². The van der Waals surface area contributed by atoms with Crippen LogP contribution in [-0.2, 0) is 10.0 Å². The predicted molar refractivity (Wildman–Crippen MR) is 81.9 cm³/mol. The second-order valence-corrected chi connectivity index (χ2v) is 7.21. The van der Waals surface area contributed by atoms with Crippen molar-refractivity contribution in [3.63, 3.8) is 0 Å². The van der Waals surface area contributed by atoms with E-state index < -0.39 is 10.0 Å². The van der Waals surface area contributed by atoms with Crippen LogP contribution in [0.1, 0.15) is 31.2 Å². The molecule has 0 aromatic heterocycles. The van der Waals surface area contributed by atoms with Gasteiger partial charge >= 0.3 is 0 Å². The van der Waals surface area contributed by atoms with Crippen LogP contribution in [0.15, 0.2) is 35.7 Å². The normalized spacial score (nSPS) is 16.7. The van der Waals surface area contributed by atoms with Gasteiger partial charge in [-0.3, -0.25) is 0 Å². The fourth-order valence-corrected chi connectivity index (χ4v) is 4.45. The van der Waals surface area contributed by atoms with Gasteiger partial charge in [0.2, 0.25) is 10.0 Å². The summed E-state index contributed by atoms with van der Waals surface area (Å²) in [6.07, 6.45) is 5.70. The maximum Gasteiger partial charge on any atom is 0.243 e. The maximum atomic E-state index is 12.8. The average Bonchev–Trinajstić information content (AvgIpc) is 2.92. The number of nitrogens with zero attached hydrogens (tertiary/aromatic N) is 1. The van der Waals surface area contributed by atoms with Crippen molar-refractivity contribution in [3.8, 4) is 0 Å². The molecular weight excluding hydrogens is 272 g/mol. The van der Waals surface area contributed by atoms with Crippen molar-refractivity contribution in [3.05, 3.63) is 36.4 Å². The topological polar surface area (TPSA) is 63.4 Å². The van der Waals surface area contributed by atoms with Crippen molar-refractivity contribution >= 4 is 15.7 Å². The number of anilines is 1. The summed E-state index contributed by atoms with van der Waals surface area (Å²) in [4.78, 5) is 0.318. The van der Waals surface area contributed by atoms with Crippen LogP contribution in [0.2, 0.25) is 0 Å². The third-order valence-electron chi connectivity index (χ3n) is 3.89. The summed E-state index contributed by atoms with van der Waals surface area (Å²) >= 11 is 0. The number of hydrogen-bond donors (Lipinski definition) is 1. The summed E-state index contributed by atoms with van der Waals surface area (Å²) < 4.78 is 27.2. The van der Waals surface area contributed by atoms with Gasteiger partial charge in [0.1, 0.15) is 0 Å². The lowest BCUT2D eigenvalue weighted by molar-refractivity contribution is 0.347. The number of rotatable bonds is 5. The van der Waals surface area contributed by atoms with E-state index in [0.29, 0.717) is 17.1 Å². The Morgan fingerprint density at radius 3 is 2.60 bits per heavy atom. The lowest BCUT2D eigenvalue weighted by atomic mass is 10.2. The standard InChI is InChI=1S/C15H22N2O2S/c1-3-10-17(13-6-4-5-7-13)20(18,19)14-8-9-15(16)12(2)11-14/h3,8-9,11,13H,1,4-7,10,16H2,2H3. The minimum Gasteiger partial charge on any atom is -0.399 e. The van der Waals surface area contributed by atoms with E-state index in [2.05, 4.69) is 6.58 Å². The van der Waals surface area contributed by atoms with Gasteiger partial charge in [-0.2, -0.15) is 4.31 Å². The molecular formula is C15H22N2O2S. The molecule has 20 heavy (non-hydrogen) atoms. The van der Waals surface area contributed by atoms with E-state index in [-0.39, 0.29) is 6.04 Å².